The third-order valence-corrected chi connectivity index (χ3v) is 2.55. The Morgan fingerprint density at radius 3 is 2.17 bits per heavy atom. The van der Waals surface area contributed by atoms with Crippen molar-refractivity contribution < 1.29 is 4.39 Å². The Bertz CT molecular complexity index is 28.0. The molecule has 0 saturated carbocycles. The van der Waals surface area contributed by atoms with Crippen molar-refractivity contribution >= 4 is 31.9 Å². The van der Waals surface area contributed by atoms with Crippen LogP contribution in [-0.4, -0.2) is 16.8 Å². The highest BCUT2D eigenvalue weighted by molar-refractivity contribution is 9.12. The molecule has 1 atom stereocenters. The van der Waals surface area contributed by atoms with Crippen molar-refractivity contribution in [3.63, 3.8) is 0 Å². The van der Waals surface area contributed by atoms with Crippen LogP contribution in [0.15, 0.2) is 0 Å². The third kappa shape index (κ3) is 3.09. The first-order valence-corrected chi connectivity index (χ1v) is 3.61. The summed E-state index contributed by atoms with van der Waals surface area (Å²) in [5, 5.41) is 0.684. The summed E-state index contributed by atoms with van der Waals surface area (Å²) < 4.78 is 11.3. The van der Waals surface area contributed by atoms with E-state index in [1.807, 2.05) is 0 Å². The summed E-state index contributed by atoms with van der Waals surface area (Å²) in [5.74, 6) is 0. The lowest BCUT2D eigenvalue weighted by molar-refractivity contribution is 0.500. The molecule has 0 amide bonds. The first kappa shape index (κ1) is 6.89. The van der Waals surface area contributed by atoms with Gasteiger partial charge in [-0.3, -0.25) is 0 Å². The van der Waals surface area contributed by atoms with Crippen molar-refractivity contribution in [1.29, 1.82) is 0 Å². The van der Waals surface area contributed by atoms with Gasteiger partial charge in [-0.1, -0.05) is 31.9 Å². The van der Waals surface area contributed by atoms with Gasteiger partial charge in [0.1, 0.15) is 6.67 Å². The van der Waals surface area contributed by atoms with Crippen molar-refractivity contribution in [2.24, 2.45) is 0 Å². The molecule has 0 fully saturated rings. The lowest BCUT2D eigenvalue weighted by atomic mass is 10.6. The van der Waals surface area contributed by atoms with Crippen LogP contribution in [0.25, 0.3) is 0 Å². The van der Waals surface area contributed by atoms with E-state index in [2.05, 4.69) is 31.9 Å². The minimum atomic E-state index is -0.300. The summed E-state index contributed by atoms with van der Waals surface area (Å²) in [6.45, 7) is -0.300. The standard InChI is InChI=1S/C3H5Br2F/c4-1-3(5)2-6/h3H,1-2H2/t3-/m1/s1. The first-order chi connectivity index (χ1) is 2.81. The molecule has 0 aliphatic rings. The van der Waals surface area contributed by atoms with Crippen molar-refractivity contribution in [1.82, 2.24) is 0 Å². The molecule has 0 radical (unpaired) electrons. The van der Waals surface area contributed by atoms with Crippen LogP contribution in [0.5, 0.6) is 0 Å². The summed E-state index contributed by atoms with van der Waals surface area (Å²) in [6, 6.07) is 0. The van der Waals surface area contributed by atoms with E-state index >= 15 is 0 Å². The van der Waals surface area contributed by atoms with E-state index < -0.39 is 0 Å². The van der Waals surface area contributed by atoms with E-state index in [1.54, 1.807) is 0 Å². The second-order valence-electron chi connectivity index (χ2n) is 0.906. The Morgan fingerprint density at radius 2 is 2.17 bits per heavy atom. The summed E-state index contributed by atoms with van der Waals surface area (Å²) in [7, 11) is 0. The predicted molar refractivity (Wildman–Crippen MR) is 32.5 cm³/mol. The second kappa shape index (κ2) is 4.06. The molecule has 0 heterocycles. The van der Waals surface area contributed by atoms with E-state index in [4.69, 9.17) is 0 Å². The van der Waals surface area contributed by atoms with Gasteiger partial charge in [0.15, 0.2) is 0 Å². The molecule has 0 spiro atoms. The van der Waals surface area contributed by atoms with Gasteiger partial charge < -0.3 is 0 Å². The Labute approximate surface area is 53.4 Å². The average Bonchev–Trinajstić information content (AvgIpc) is 1.65. The quantitative estimate of drug-likeness (QED) is 0.625. The highest BCUT2D eigenvalue weighted by atomic mass is 79.9. The summed E-state index contributed by atoms with van der Waals surface area (Å²) in [5.41, 5.74) is 0. The highest BCUT2D eigenvalue weighted by Crippen LogP contribution is 2.02. The van der Waals surface area contributed by atoms with Gasteiger partial charge in [-0.15, -0.1) is 0 Å². The molecule has 0 aliphatic carbocycles. The van der Waals surface area contributed by atoms with Gasteiger partial charge in [0, 0.05) is 5.33 Å². The maximum atomic E-state index is 11.3. The van der Waals surface area contributed by atoms with Crippen LogP contribution < -0.4 is 0 Å². The molecule has 0 aromatic carbocycles. The van der Waals surface area contributed by atoms with Gasteiger partial charge in [-0.25, -0.2) is 4.39 Å². The topological polar surface area (TPSA) is 0 Å². The molecular formula is C3H5Br2F. The molecule has 0 N–H and O–H groups in total. The number of hydrogen-bond acceptors (Lipinski definition) is 0. The maximum Gasteiger partial charge on any atom is 0.103 e. The van der Waals surface area contributed by atoms with Crippen molar-refractivity contribution in [2.75, 3.05) is 12.0 Å². The summed E-state index contributed by atoms with van der Waals surface area (Å²) in [6.07, 6.45) is 0. The minimum absolute atomic E-state index is 0.00231. The smallest absolute Gasteiger partial charge is 0.103 e. The zero-order valence-corrected chi connectivity index (χ0v) is 6.30. The maximum absolute atomic E-state index is 11.3. The van der Waals surface area contributed by atoms with Gasteiger partial charge in [-0.05, 0) is 0 Å². The Balaban J connectivity index is 2.75. The normalized spacial score (nSPS) is 14.5. The zero-order chi connectivity index (χ0) is 4.99. The number of hydrogen-bond donors (Lipinski definition) is 0. The molecule has 38 valence electrons. The lowest BCUT2D eigenvalue weighted by Crippen LogP contribution is -1.99. The molecule has 3 heteroatoms. The molecule has 0 aromatic rings. The average molecular weight is 220 g/mol. The van der Waals surface area contributed by atoms with Gasteiger partial charge in [0.25, 0.3) is 0 Å². The van der Waals surface area contributed by atoms with Gasteiger partial charge in [-0.2, -0.15) is 0 Å². The monoisotopic (exact) mass is 218 g/mol. The van der Waals surface area contributed by atoms with E-state index in [0.717, 1.165) is 0 Å². The molecule has 0 bridgehead atoms. The SMILES string of the molecule is FC[C@H](Br)CBr. The molecule has 0 rings (SSSR count). The lowest BCUT2D eigenvalue weighted by Gasteiger charge is -1.92. The molecule has 0 nitrogen and oxygen atoms in total. The van der Waals surface area contributed by atoms with Crippen LogP contribution in [-0.2, 0) is 0 Å². The fourth-order valence-corrected chi connectivity index (χ4v) is 0.214. The van der Waals surface area contributed by atoms with Gasteiger partial charge >= 0.3 is 0 Å². The first-order valence-electron chi connectivity index (χ1n) is 1.57. The Hall–Kier alpha value is 0.890. The number of alkyl halides is 3. The van der Waals surface area contributed by atoms with Crippen LogP contribution in [0.2, 0.25) is 0 Å². The molecular weight excluding hydrogens is 215 g/mol. The minimum Gasteiger partial charge on any atom is -0.250 e. The van der Waals surface area contributed by atoms with E-state index in [1.165, 1.54) is 0 Å². The van der Waals surface area contributed by atoms with Crippen LogP contribution >= 0.6 is 31.9 Å². The molecule has 0 saturated heterocycles. The summed E-state index contributed by atoms with van der Waals surface area (Å²) >= 11 is 6.14. The van der Waals surface area contributed by atoms with E-state index in [9.17, 15) is 4.39 Å². The molecule has 6 heavy (non-hydrogen) atoms. The van der Waals surface area contributed by atoms with Gasteiger partial charge in [0.2, 0.25) is 0 Å². The third-order valence-electron chi connectivity index (χ3n) is 0.335. The van der Waals surface area contributed by atoms with Crippen LogP contribution in [0.1, 0.15) is 0 Å². The number of halogens is 3. The van der Waals surface area contributed by atoms with Gasteiger partial charge in [0.05, 0.1) is 4.83 Å². The molecule has 0 aromatic heterocycles. The van der Waals surface area contributed by atoms with E-state index in [0.29, 0.717) is 5.33 Å². The zero-order valence-electron chi connectivity index (χ0n) is 3.13. The second-order valence-corrected chi connectivity index (χ2v) is 2.85. The fourth-order valence-electron chi connectivity index (χ4n) is 0.0412. The highest BCUT2D eigenvalue weighted by Gasteiger charge is 1.95. The Kier molecular flexibility index (Phi) is 4.66. The number of rotatable bonds is 2. The van der Waals surface area contributed by atoms with E-state index in [-0.39, 0.29) is 11.5 Å². The van der Waals surface area contributed by atoms with Crippen LogP contribution in [0.4, 0.5) is 4.39 Å². The van der Waals surface area contributed by atoms with Crippen molar-refractivity contribution in [3.05, 3.63) is 0 Å². The summed E-state index contributed by atoms with van der Waals surface area (Å²) in [4.78, 5) is -0.00231. The molecule has 0 aliphatic heterocycles. The van der Waals surface area contributed by atoms with Crippen LogP contribution in [0.3, 0.4) is 0 Å². The van der Waals surface area contributed by atoms with Crippen molar-refractivity contribution in [3.8, 4) is 0 Å². The van der Waals surface area contributed by atoms with Crippen LogP contribution in [0, 0.1) is 0 Å². The molecule has 0 unspecified atom stereocenters. The predicted octanol–water partition coefficient (Wildman–Crippen LogP) is 2.11. The largest absolute Gasteiger partial charge is 0.250 e. The Morgan fingerprint density at radius 1 is 1.67 bits per heavy atom. The van der Waals surface area contributed by atoms with Crippen molar-refractivity contribution in [2.45, 2.75) is 4.83 Å². The fraction of sp³-hybridized carbons (Fsp3) is 1.00.